The smallest absolute Gasteiger partial charge is 0.459 e. The second-order valence-electron chi connectivity index (χ2n) is 10.3. The molecule has 0 radical (unpaired) electrons. The Kier molecular flexibility index (Phi) is 10.5. The number of nitrogens with one attached hydrogen (secondary N) is 2. The number of benzene rings is 1. The molecule has 17 heteroatoms. The Morgan fingerprint density at radius 3 is 2.67 bits per heavy atom. The Morgan fingerprint density at radius 2 is 2.02 bits per heavy atom. The molecule has 0 bridgehead atoms. The van der Waals surface area contributed by atoms with Crippen LogP contribution < -0.4 is 20.7 Å². The minimum atomic E-state index is -4.38. The topological polar surface area (TPSA) is 185 Å². The molecule has 0 spiro atoms. The van der Waals surface area contributed by atoms with Crippen LogP contribution in [0, 0.1) is 0 Å². The zero-order valence-corrected chi connectivity index (χ0v) is 25.8. The maximum Gasteiger partial charge on any atom is 0.459 e. The van der Waals surface area contributed by atoms with Gasteiger partial charge in [0.1, 0.15) is 23.5 Å². The van der Waals surface area contributed by atoms with Crippen LogP contribution in [0.4, 0.5) is 16.2 Å². The first-order chi connectivity index (χ1) is 20.4. The number of hydrogen-bond donors (Lipinski definition) is 4. The summed E-state index contributed by atoms with van der Waals surface area (Å²) in [5.74, 6) is -0.728. The highest BCUT2D eigenvalue weighted by atomic mass is 35.5. The van der Waals surface area contributed by atoms with E-state index in [1.165, 1.54) is 30.0 Å². The SMILES string of the molecule is CCCNc1nc(N)nc2c1ncn2[C@@H]1O[C@](CCl)(CO[P@](=O)(N[C@@H](C)C(=O)OC(C)C)Oc2ccccc2)[C@@H](O)[C@@H]1F. The number of fused-ring (bicyclic) bond motifs is 1. The molecular weight excluding hydrogens is 608 g/mol. The van der Waals surface area contributed by atoms with Crippen LogP contribution in [0.3, 0.4) is 0 Å². The summed E-state index contributed by atoms with van der Waals surface area (Å²) in [6, 6.07) is 6.95. The van der Waals surface area contributed by atoms with Gasteiger partial charge in [0.25, 0.3) is 0 Å². The monoisotopic (exact) mass is 643 g/mol. The molecule has 0 amide bonds. The van der Waals surface area contributed by atoms with Gasteiger partial charge in [0.05, 0.1) is 24.9 Å². The van der Waals surface area contributed by atoms with Crippen LogP contribution in [0.15, 0.2) is 36.7 Å². The number of nitrogens with zero attached hydrogens (tertiary/aromatic N) is 4. The number of carbonyl (C=O) groups excluding carboxylic acids is 1. The zero-order valence-electron chi connectivity index (χ0n) is 24.1. The van der Waals surface area contributed by atoms with E-state index in [0.29, 0.717) is 17.9 Å². The minimum Gasteiger partial charge on any atom is -0.462 e. The van der Waals surface area contributed by atoms with Gasteiger partial charge in [-0.15, -0.1) is 11.6 Å². The summed E-state index contributed by atoms with van der Waals surface area (Å²) in [7, 11) is -4.38. The molecule has 0 unspecified atom stereocenters. The molecule has 2 aromatic heterocycles. The largest absolute Gasteiger partial charge is 0.462 e. The first-order valence-electron chi connectivity index (χ1n) is 13.7. The second kappa shape index (κ2) is 13.7. The number of nitrogen functional groups attached to an aromatic ring is 1. The van der Waals surface area contributed by atoms with Gasteiger partial charge in [-0.1, -0.05) is 25.1 Å². The Balaban J connectivity index is 1.60. The van der Waals surface area contributed by atoms with Gasteiger partial charge in [-0.3, -0.25) is 13.9 Å². The van der Waals surface area contributed by atoms with E-state index in [0.717, 1.165) is 6.42 Å². The lowest BCUT2D eigenvalue weighted by Crippen LogP contribution is -2.48. The van der Waals surface area contributed by atoms with Crippen LogP contribution >= 0.6 is 19.3 Å². The lowest BCUT2D eigenvalue weighted by Gasteiger charge is -2.31. The van der Waals surface area contributed by atoms with E-state index in [1.54, 1.807) is 32.0 Å². The van der Waals surface area contributed by atoms with E-state index in [2.05, 4.69) is 25.4 Å². The van der Waals surface area contributed by atoms with Gasteiger partial charge in [-0.05, 0) is 39.3 Å². The normalized spacial score (nSPS) is 24.1. The van der Waals surface area contributed by atoms with E-state index >= 15 is 4.39 Å². The number of imidazole rings is 1. The van der Waals surface area contributed by atoms with E-state index in [-0.39, 0.29) is 17.3 Å². The number of para-hydroxylation sites is 1. The molecule has 4 rings (SSSR count). The number of esters is 1. The molecule has 43 heavy (non-hydrogen) atoms. The third-order valence-corrected chi connectivity index (χ3v) is 8.53. The van der Waals surface area contributed by atoms with Crippen LogP contribution in [-0.4, -0.2) is 79.6 Å². The van der Waals surface area contributed by atoms with Gasteiger partial charge in [0.2, 0.25) is 5.95 Å². The first kappa shape index (κ1) is 32.8. The van der Waals surface area contributed by atoms with Gasteiger partial charge in [0, 0.05) is 6.54 Å². The van der Waals surface area contributed by atoms with Crippen molar-refractivity contribution in [1.29, 1.82) is 0 Å². The highest BCUT2D eigenvalue weighted by Crippen LogP contribution is 2.49. The van der Waals surface area contributed by atoms with Crippen molar-refractivity contribution in [2.75, 3.05) is 30.1 Å². The molecule has 5 N–H and O–H groups in total. The molecule has 1 aliphatic heterocycles. The van der Waals surface area contributed by atoms with E-state index in [9.17, 15) is 14.5 Å². The molecule has 14 nitrogen and oxygen atoms in total. The number of rotatable bonds is 14. The molecular formula is C26H36ClFN7O7P. The second-order valence-corrected chi connectivity index (χ2v) is 12.3. The highest BCUT2D eigenvalue weighted by molar-refractivity contribution is 7.52. The third kappa shape index (κ3) is 7.36. The fourth-order valence-corrected chi connectivity index (χ4v) is 6.16. The van der Waals surface area contributed by atoms with E-state index in [1.807, 2.05) is 6.92 Å². The molecule has 0 saturated carbocycles. The number of carbonyl (C=O) groups is 1. The Labute approximate surface area is 253 Å². The molecule has 1 aromatic carbocycles. The number of aliphatic hydroxyl groups is 1. The van der Waals surface area contributed by atoms with Crippen molar-refractivity contribution >= 4 is 48.2 Å². The quantitative estimate of drug-likeness (QED) is 0.114. The standard InChI is InChI=1S/C26H36ClFN7O7P/c1-5-11-30-21-19-22(33-25(29)32-21)35(14-31-19)23-18(28)20(36)26(12-27,41-23)13-39-43(38,42-17-9-7-6-8-10-17)34-16(4)24(37)40-15(2)3/h6-10,14-16,18,20,23,36H,5,11-13H2,1-4H3,(H,34,38)(H3,29,30,32,33)/t16-,18-,20-,23+,26+,43+/m0/s1. The Morgan fingerprint density at radius 1 is 1.30 bits per heavy atom. The number of anilines is 2. The average molecular weight is 644 g/mol. The molecule has 1 saturated heterocycles. The van der Waals surface area contributed by atoms with Gasteiger partial charge in [-0.25, -0.2) is 13.9 Å². The maximum atomic E-state index is 15.8. The number of halogens is 2. The van der Waals surface area contributed by atoms with E-state index in [4.69, 9.17) is 35.9 Å². The van der Waals surface area contributed by atoms with E-state index < -0.39 is 62.5 Å². The van der Waals surface area contributed by atoms with Crippen LogP contribution in [0.25, 0.3) is 11.2 Å². The fraction of sp³-hybridized carbons (Fsp3) is 0.538. The summed E-state index contributed by atoms with van der Waals surface area (Å²) in [5.41, 5.74) is 4.48. The van der Waals surface area contributed by atoms with Crippen molar-refractivity contribution in [2.24, 2.45) is 0 Å². The van der Waals surface area contributed by atoms with Gasteiger partial charge < -0.3 is 30.2 Å². The molecule has 1 aliphatic rings. The van der Waals surface area contributed by atoms with Crippen molar-refractivity contribution in [3.05, 3.63) is 36.7 Å². The number of alkyl halides is 2. The van der Waals surface area contributed by atoms with Crippen molar-refractivity contribution < 1.29 is 37.4 Å². The molecule has 6 atom stereocenters. The number of nitrogens with two attached hydrogens (primary N) is 1. The van der Waals surface area contributed by atoms with Crippen LogP contribution in [-0.2, 0) is 23.4 Å². The summed E-state index contributed by atoms with van der Waals surface area (Å²) < 4.78 is 53.5. The van der Waals surface area contributed by atoms with Crippen molar-refractivity contribution in [2.45, 2.75) is 70.4 Å². The molecule has 1 fully saturated rings. The first-order valence-corrected chi connectivity index (χ1v) is 15.8. The fourth-order valence-electron chi connectivity index (χ4n) is 4.31. The third-order valence-electron chi connectivity index (χ3n) is 6.45. The number of aliphatic hydroxyl groups excluding tert-OH is 1. The number of aromatic nitrogens is 4. The molecule has 0 aliphatic carbocycles. The van der Waals surface area contributed by atoms with Crippen molar-refractivity contribution in [3.63, 3.8) is 0 Å². The molecule has 236 valence electrons. The van der Waals surface area contributed by atoms with Crippen LogP contribution in [0.1, 0.15) is 40.3 Å². The average Bonchev–Trinajstić information content (AvgIpc) is 3.49. The van der Waals surface area contributed by atoms with Crippen molar-refractivity contribution in [3.8, 4) is 5.75 Å². The minimum absolute atomic E-state index is 0.0797. The summed E-state index contributed by atoms with van der Waals surface area (Å²) in [6.07, 6.45) is -3.66. The van der Waals surface area contributed by atoms with Gasteiger partial charge in [-0.2, -0.15) is 15.1 Å². The summed E-state index contributed by atoms with van der Waals surface area (Å²) in [6.45, 7) is 6.62. The molecule has 3 heterocycles. The lowest BCUT2D eigenvalue weighted by molar-refractivity contribution is -0.149. The summed E-state index contributed by atoms with van der Waals surface area (Å²) in [4.78, 5) is 25.1. The van der Waals surface area contributed by atoms with Gasteiger partial charge >= 0.3 is 13.7 Å². The predicted octanol–water partition coefficient (Wildman–Crippen LogP) is 3.57. The molecule has 3 aromatic rings. The summed E-state index contributed by atoms with van der Waals surface area (Å²) in [5, 5.41) is 16.7. The summed E-state index contributed by atoms with van der Waals surface area (Å²) >= 11 is 6.24. The zero-order chi connectivity index (χ0) is 31.4. The van der Waals surface area contributed by atoms with Crippen molar-refractivity contribution in [1.82, 2.24) is 24.6 Å². The lowest BCUT2D eigenvalue weighted by atomic mass is 9.99. The Hall–Kier alpha value is -3.07. The number of ether oxygens (including phenoxy) is 2. The number of hydrogen-bond acceptors (Lipinski definition) is 12. The van der Waals surface area contributed by atoms with Crippen LogP contribution in [0.2, 0.25) is 0 Å². The van der Waals surface area contributed by atoms with Crippen LogP contribution in [0.5, 0.6) is 5.75 Å². The predicted molar refractivity (Wildman–Crippen MR) is 157 cm³/mol. The maximum absolute atomic E-state index is 15.8. The Bertz CT molecular complexity index is 1450. The highest BCUT2D eigenvalue weighted by Gasteiger charge is 2.57. The van der Waals surface area contributed by atoms with Gasteiger partial charge in [0.15, 0.2) is 29.4 Å².